The van der Waals surface area contributed by atoms with Crippen molar-refractivity contribution in [3.8, 4) is 0 Å². The Morgan fingerprint density at radius 2 is 1.48 bits per heavy atom. The summed E-state index contributed by atoms with van der Waals surface area (Å²) in [5.74, 6) is -0.256. The first kappa shape index (κ1) is 21.8. The number of para-hydroxylation sites is 1. The van der Waals surface area contributed by atoms with Crippen molar-refractivity contribution in [2.24, 2.45) is 4.40 Å². The molecule has 0 saturated carbocycles. The molecule has 0 bridgehead atoms. The molecule has 3 aromatic rings. The van der Waals surface area contributed by atoms with Crippen LogP contribution in [0, 0.1) is 0 Å². The largest absolute Gasteiger partial charge is 0.337 e. The van der Waals surface area contributed by atoms with Crippen LogP contribution in [0.3, 0.4) is 0 Å². The maximum atomic E-state index is 13.6. The third-order valence-electron chi connectivity index (χ3n) is 5.22. The summed E-state index contributed by atoms with van der Waals surface area (Å²) in [6, 6.07) is 25.4. The van der Waals surface area contributed by atoms with Crippen LogP contribution in [0.25, 0.3) is 0 Å². The minimum atomic E-state index is -3.98. The fourth-order valence-corrected chi connectivity index (χ4v) is 7.10. The number of hydrogen-bond acceptors (Lipinski definition) is 6. The summed E-state index contributed by atoms with van der Waals surface area (Å²) in [6.07, 6.45) is 0. The minimum Gasteiger partial charge on any atom is -0.337 e. The lowest BCUT2D eigenvalue weighted by Gasteiger charge is -2.16. The molecule has 166 valence electrons. The molecule has 3 aromatic carbocycles. The molecule has 5 rings (SSSR count). The molecule has 2 heterocycles. The second-order valence-electron chi connectivity index (χ2n) is 7.40. The van der Waals surface area contributed by atoms with Crippen molar-refractivity contribution in [2.75, 3.05) is 11.9 Å². The molecule has 9 heteroatoms. The van der Waals surface area contributed by atoms with E-state index in [1.807, 2.05) is 66.5 Å². The number of hydrogen-bond donors (Lipinski definition) is 0. The van der Waals surface area contributed by atoms with Crippen LogP contribution in [-0.4, -0.2) is 31.4 Å². The minimum absolute atomic E-state index is 0.0890. The third-order valence-corrected chi connectivity index (χ3v) is 9.05. The molecule has 33 heavy (non-hydrogen) atoms. The van der Waals surface area contributed by atoms with E-state index in [1.54, 1.807) is 18.2 Å². The Morgan fingerprint density at radius 1 is 0.848 bits per heavy atom. The molecule has 0 unspecified atom stereocenters. The number of rotatable bonds is 4. The fraction of sp³-hybridized carbons (Fsp3) is 0.0833. The monoisotopic (exact) mass is 493 g/mol. The van der Waals surface area contributed by atoms with Gasteiger partial charge in [0.2, 0.25) is 0 Å². The molecular formula is C24H19N3O3S3. The highest BCUT2D eigenvalue weighted by atomic mass is 32.2. The zero-order valence-electron chi connectivity index (χ0n) is 17.6. The average Bonchev–Trinajstić information content (AvgIpc) is 3.32. The molecule has 1 fully saturated rings. The molecular weight excluding hydrogens is 474 g/mol. The maximum Gasteiger partial charge on any atom is 0.284 e. The predicted molar refractivity (Wildman–Crippen MR) is 133 cm³/mol. The topological polar surface area (TPSA) is 70.1 Å². The van der Waals surface area contributed by atoms with Crippen LogP contribution in [0.2, 0.25) is 0 Å². The van der Waals surface area contributed by atoms with E-state index in [1.165, 1.54) is 28.8 Å². The quantitative estimate of drug-likeness (QED) is 0.481. The Kier molecular flexibility index (Phi) is 5.77. The van der Waals surface area contributed by atoms with E-state index < -0.39 is 10.0 Å². The first-order valence-corrected chi connectivity index (χ1v) is 13.2. The standard InChI is InChI=1S/C24H19N3O3S3/c1-26-19-14-8-9-15-20(19)31-23(26)21-22(28)27(16-17-10-4-2-5-11-17)24(32-21)25-33(29,30)18-12-6-3-7-13-18/h2-15H,16H2,1H3/b23-21+,25-24+. The highest BCUT2D eigenvalue weighted by molar-refractivity contribution is 8.19. The first-order valence-electron chi connectivity index (χ1n) is 10.1. The predicted octanol–water partition coefficient (Wildman–Crippen LogP) is 4.92. The average molecular weight is 494 g/mol. The molecule has 1 saturated heterocycles. The van der Waals surface area contributed by atoms with E-state index in [4.69, 9.17) is 0 Å². The lowest BCUT2D eigenvalue weighted by Crippen LogP contribution is -2.29. The molecule has 0 aliphatic carbocycles. The zero-order valence-corrected chi connectivity index (χ0v) is 20.0. The Bertz CT molecular complexity index is 1390. The van der Waals surface area contributed by atoms with Crippen molar-refractivity contribution in [3.63, 3.8) is 0 Å². The van der Waals surface area contributed by atoms with E-state index >= 15 is 0 Å². The normalized spacial score (nSPS) is 19.4. The van der Waals surface area contributed by atoms with Gasteiger partial charge in [-0.3, -0.25) is 9.69 Å². The van der Waals surface area contributed by atoms with Gasteiger partial charge in [-0.05, 0) is 41.6 Å². The molecule has 1 amide bonds. The number of thioether (sulfide) groups is 2. The molecule has 0 spiro atoms. The molecule has 0 aromatic heterocycles. The number of sulfonamides is 1. The molecule has 6 nitrogen and oxygen atoms in total. The van der Waals surface area contributed by atoms with Gasteiger partial charge in [0.05, 0.1) is 22.2 Å². The van der Waals surface area contributed by atoms with Gasteiger partial charge in [-0.2, -0.15) is 8.42 Å². The smallest absolute Gasteiger partial charge is 0.284 e. The van der Waals surface area contributed by atoms with Crippen LogP contribution in [0.15, 0.2) is 109 Å². The van der Waals surface area contributed by atoms with Crippen LogP contribution in [0.1, 0.15) is 5.56 Å². The number of amides is 1. The van der Waals surface area contributed by atoms with Gasteiger partial charge in [0.25, 0.3) is 15.9 Å². The number of fused-ring (bicyclic) bond motifs is 1. The van der Waals surface area contributed by atoms with Crippen LogP contribution in [0.5, 0.6) is 0 Å². The van der Waals surface area contributed by atoms with Gasteiger partial charge in [-0.15, -0.1) is 4.40 Å². The van der Waals surface area contributed by atoms with Gasteiger partial charge in [-0.25, -0.2) is 0 Å². The summed E-state index contributed by atoms with van der Waals surface area (Å²) in [5.41, 5.74) is 1.90. The Balaban J connectivity index is 1.58. The van der Waals surface area contributed by atoms with Crippen LogP contribution in [-0.2, 0) is 21.4 Å². The van der Waals surface area contributed by atoms with Crippen LogP contribution >= 0.6 is 23.5 Å². The number of benzene rings is 3. The summed E-state index contributed by atoms with van der Waals surface area (Å²) in [7, 11) is -2.07. The van der Waals surface area contributed by atoms with Crippen molar-refractivity contribution in [2.45, 2.75) is 16.3 Å². The summed E-state index contributed by atoms with van der Waals surface area (Å²) in [4.78, 5) is 18.6. The number of carbonyl (C=O) groups excluding carboxylic acids is 1. The lowest BCUT2D eigenvalue weighted by molar-refractivity contribution is -0.122. The zero-order chi connectivity index (χ0) is 23.0. The van der Waals surface area contributed by atoms with E-state index in [0.29, 0.717) is 4.91 Å². The Labute approximate surface area is 201 Å². The van der Waals surface area contributed by atoms with E-state index in [-0.39, 0.29) is 22.5 Å². The van der Waals surface area contributed by atoms with Crippen molar-refractivity contribution in [3.05, 3.63) is 100 Å². The SMILES string of the molecule is CN1/C(=C2\S/C(=N/S(=O)(=O)c3ccccc3)N(Cc3ccccc3)C2=O)Sc2ccccc21. The highest BCUT2D eigenvalue weighted by Gasteiger charge is 2.40. The molecule has 2 aliphatic rings. The summed E-state index contributed by atoms with van der Waals surface area (Å²) < 4.78 is 30.1. The second-order valence-corrected chi connectivity index (χ2v) is 11.0. The number of carbonyl (C=O) groups is 1. The molecule has 0 radical (unpaired) electrons. The molecule has 2 aliphatic heterocycles. The Morgan fingerprint density at radius 3 is 2.18 bits per heavy atom. The van der Waals surface area contributed by atoms with Gasteiger partial charge in [0, 0.05) is 11.9 Å². The molecule has 0 atom stereocenters. The number of amidine groups is 1. The van der Waals surface area contributed by atoms with Crippen molar-refractivity contribution in [1.29, 1.82) is 0 Å². The van der Waals surface area contributed by atoms with Crippen LogP contribution < -0.4 is 4.90 Å². The van der Waals surface area contributed by atoms with Crippen molar-refractivity contribution < 1.29 is 13.2 Å². The fourth-order valence-electron chi connectivity index (χ4n) is 3.56. The summed E-state index contributed by atoms with van der Waals surface area (Å²) in [6.45, 7) is 0.230. The maximum absolute atomic E-state index is 13.6. The van der Waals surface area contributed by atoms with Gasteiger partial charge in [0.1, 0.15) is 4.91 Å². The third kappa shape index (κ3) is 4.19. The summed E-state index contributed by atoms with van der Waals surface area (Å²) in [5, 5.41) is 0.923. The van der Waals surface area contributed by atoms with E-state index in [0.717, 1.165) is 32.9 Å². The van der Waals surface area contributed by atoms with Gasteiger partial charge < -0.3 is 4.90 Å². The summed E-state index contributed by atoms with van der Waals surface area (Å²) >= 11 is 2.61. The van der Waals surface area contributed by atoms with E-state index in [2.05, 4.69) is 4.40 Å². The van der Waals surface area contributed by atoms with E-state index in [9.17, 15) is 13.2 Å². The second kappa shape index (κ2) is 8.74. The Hall–Kier alpha value is -3.01. The number of nitrogens with zero attached hydrogens (tertiary/aromatic N) is 3. The van der Waals surface area contributed by atoms with Gasteiger partial charge in [-0.1, -0.05) is 72.4 Å². The number of anilines is 1. The molecule has 0 N–H and O–H groups in total. The van der Waals surface area contributed by atoms with Crippen molar-refractivity contribution >= 4 is 50.3 Å². The highest BCUT2D eigenvalue weighted by Crippen LogP contribution is 2.50. The van der Waals surface area contributed by atoms with Gasteiger partial charge in [0.15, 0.2) is 5.17 Å². The van der Waals surface area contributed by atoms with Gasteiger partial charge >= 0.3 is 0 Å². The first-order chi connectivity index (χ1) is 15.9. The lowest BCUT2D eigenvalue weighted by atomic mass is 10.2. The van der Waals surface area contributed by atoms with Crippen molar-refractivity contribution in [1.82, 2.24) is 4.90 Å². The van der Waals surface area contributed by atoms with Crippen LogP contribution in [0.4, 0.5) is 5.69 Å².